The fourth-order valence-corrected chi connectivity index (χ4v) is 1.23. The molecule has 104 valence electrons. The topological polar surface area (TPSA) is 9.23 Å². The van der Waals surface area contributed by atoms with Gasteiger partial charge in [0.15, 0.2) is 0 Å². The van der Waals surface area contributed by atoms with E-state index in [9.17, 15) is 0 Å². The summed E-state index contributed by atoms with van der Waals surface area (Å²) < 4.78 is 5.63. The molecule has 1 heteroatoms. The van der Waals surface area contributed by atoms with E-state index < -0.39 is 0 Å². The molecule has 2 rings (SSSR count). The average molecular weight is 258 g/mol. The second kappa shape index (κ2) is 11.3. The minimum Gasteiger partial charge on any atom is -0.457 e. The summed E-state index contributed by atoms with van der Waals surface area (Å²) >= 11 is 0. The first-order valence-electron chi connectivity index (χ1n) is 7.05. The molecule has 2 aromatic rings. The van der Waals surface area contributed by atoms with Crippen molar-refractivity contribution in [3.05, 3.63) is 60.2 Å². The molecule has 2 aromatic carbocycles. The molecule has 0 saturated heterocycles. The van der Waals surface area contributed by atoms with Gasteiger partial charge in [-0.1, -0.05) is 70.0 Å². The number of benzene rings is 2. The maximum Gasteiger partial charge on any atom is 0.127 e. The van der Waals surface area contributed by atoms with Gasteiger partial charge in [-0.15, -0.1) is 0 Å². The molecule has 0 aliphatic carbocycles. The molecule has 0 aliphatic rings. The van der Waals surface area contributed by atoms with E-state index in [1.165, 1.54) is 12.0 Å². The average Bonchev–Trinajstić information content (AvgIpc) is 2.46. The van der Waals surface area contributed by atoms with E-state index in [0.717, 1.165) is 11.5 Å². The fraction of sp³-hybridized carbons (Fsp3) is 0.333. The van der Waals surface area contributed by atoms with Crippen molar-refractivity contribution in [2.75, 3.05) is 0 Å². The second-order valence-electron chi connectivity index (χ2n) is 3.94. The van der Waals surface area contributed by atoms with Crippen LogP contribution in [0.4, 0.5) is 0 Å². The highest BCUT2D eigenvalue weighted by molar-refractivity contribution is 5.32. The highest BCUT2D eigenvalue weighted by Gasteiger charge is 1.94. The number of aryl methyl sites for hydroxylation is 1. The standard InChI is InChI=1S/C13H12O.C3H8.C2H6/c1-11-7-9-13(10-8-11)14-12-5-3-2-4-6-12;1-3-2;1-2/h2-10H,1H3;3H2,1-2H3;1-2H3. The van der Waals surface area contributed by atoms with Crippen LogP contribution in [0.15, 0.2) is 54.6 Å². The van der Waals surface area contributed by atoms with Crippen LogP contribution in [0.1, 0.15) is 39.7 Å². The van der Waals surface area contributed by atoms with Crippen LogP contribution >= 0.6 is 0 Å². The van der Waals surface area contributed by atoms with Gasteiger partial charge in [0.25, 0.3) is 0 Å². The van der Waals surface area contributed by atoms with Gasteiger partial charge in [-0.2, -0.15) is 0 Å². The predicted molar refractivity (Wildman–Crippen MR) is 85.0 cm³/mol. The lowest BCUT2D eigenvalue weighted by molar-refractivity contribution is 0.482. The number of ether oxygens (including phenoxy) is 1. The van der Waals surface area contributed by atoms with E-state index in [2.05, 4.69) is 20.8 Å². The van der Waals surface area contributed by atoms with E-state index >= 15 is 0 Å². The third-order valence-electron chi connectivity index (χ3n) is 2.00. The first kappa shape index (κ1) is 17.2. The first-order valence-corrected chi connectivity index (χ1v) is 7.05. The Morgan fingerprint density at radius 3 is 1.63 bits per heavy atom. The molecule has 0 aliphatic heterocycles. The molecule has 0 fully saturated rings. The molecule has 0 amide bonds. The van der Waals surface area contributed by atoms with Crippen molar-refractivity contribution >= 4 is 0 Å². The van der Waals surface area contributed by atoms with Gasteiger partial charge in [0.2, 0.25) is 0 Å². The molecule has 1 nitrogen and oxygen atoms in total. The van der Waals surface area contributed by atoms with Crippen molar-refractivity contribution in [2.24, 2.45) is 0 Å². The molecule has 0 atom stereocenters. The zero-order chi connectivity index (χ0) is 14.5. The lowest BCUT2D eigenvalue weighted by Crippen LogP contribution is -1.82. The maximum absolute atomic E-state index is 5.63. The Morgan fingerprint density at radius 2 is 1.16 bits per heavy atom. The number of para-hydroxylation sites is 1. The van der Waals surface area contributed by atoms with Gasteiger partial charge in [-0.05, 0) is 31.2 Å². The van der Waals surface area contributed by atoms with Crippen LogP contribution in [0.3, 0.4) is 0 Å². The van der Waals surface area contributed by atoms with Gasteiger partial charge < -0.3 is 4.74 Å². The molecule has 19 heavy (non-hydrogen) atoms. The molecule has 0 spiro atoms. The Bertz CT molecular complexity index is 403. The quantitative estimate of drug-likeness (QED) is 0.620. The highest BCUT2D eigenvalue weighted by atomic mass is 16.5. The summed E-state index contributed by atoms with van der Waals surface area (Å²) in [6.45, 7) is 10.3. The van der Waals surface area contributed by atoms with E-state index in [0.29, 0.717) is 0 Å². The van der Waals surface area contributed by atoms with Gasteiger partial charge in [0.05, 0.1) is 0 Å². The first-order chi connectivity index (χ1) is 9.26. The van der Waals surface area contributed by atoms with Crippen LogP contribution in [0, 0.1) is 6.92 Å². The van der Waals surface area contributed by atoms with Crippen molar-refractivity contribution in [3.63, 3.8) is 0 Å². The second-order valence-corrected chi connectivity index (χ2v) is 3.94. The Balaban J connectivity index is 0.000000573. The Labute approximate surface area is 118 Å². The zero-order valence-corrected chi connectivity index (χ0v) is 12.8. The number of rotatable bonds is 2. The van der Waals surface area contributed by atoms with Crippen LogP contribution in [0.25, 0.3) is 0 Å². The van der Waals surface area contributed by atoms with Crippen molar-refractivity contribution in [1.82, 2.24) is 0 Å². The molecule has 0 bridgehead atoms. The van der Waals surface area contributed by atoms with Crippen LogP contribution in [-0.2, 0) is 0 Å². The van der Waals surface area contributed by atoms with Gasteiger partial charge >= 0.3 is 0 Å². The SMILES string of the molecule is CC.CCC.Cc1ccc(Oc2ccccc2)cc1. The summed E-state index contributed by atoms with van der Waals surface area (Å²) in [5.41, 5.74) is 1.24. The summed E-state index contributed by atoms with van der Waals surface area (Å²) in [4.78, 5) is 0. The monoisotopic (exact) mass is 258 g/mol. The lowest BCUT2D eigenvalue weighted by Gasteiger charge is -2.04. The summed E-state index contributed by atoms with van der Waals surface area (Å²) in [6.07, 6.45) is 1.25. The lowest BCUT2D eigenvalue weighted by atomic mass is 10.2. The molecule has 0 N–H and O–H groups in total. The van der Waals surface area contributed by atoms with Crippen molar-refractivity contribution in [1.29, 1.82) is 0 Å². The third-order valence-corrected chi connectivity index (χ3v) is 2.00. The summed E-state index contributed by atoms with van der Waals surface area (Å²) in [6, 6.07) is 17.8. The molecule has 0 radical (unpaired) electrons. The van der Waals surface area contributed by atoms with Crippen LogP contribution in [-0.4, -0.2) is 0 Å². The molecule has 0 saturated carbocycles. The van der Waals surface area contributed by atoms with Gasteiger partial charge in [0, 0.05) is 0 Å². The summed E-state index contributed by atoms with van der Waals surface area (Å²) in [7, 11) is 0. The smallest absolute Gasteiger partial charge is 0.127 e. The number of hydrogen-bond acceptors (Lipinski definition) is 1. The molecule has 0 heterocycles. The largest absolute Gasteiger partial charge is 0.457 e. The maximum atomic E-state index is 5.63. The molecule has 0 unspecified atom stereocenters. The third kappa shape index (κ3) is 8.04. The van der Waals surface area contributed by atoms with Crippen molar-refractivity contribution in [2.45, 2.75) is 41.0 Å². The van der Waals surface area contributed by atoms with Gasteiger partial charge in [0.1, 0.15) is 11.5 Å². The van der Waals surface area contributed by atoms with E-state index in [1.54, 1.807) is 0 Å². The Morgan fingerprint density at radius 1 is 0.737 bits per heavy atom. The minimum absolute atomic E-state index is 0.872. The zero-order valence-electron chi connectivity index (χ0n) is 12.8. The van der Waals surface area contributed by atoms with Gasteiger partial charge in [-0.25, -0.2) is 0 Å². The Kier molecular flexibility index (Phi) is 10.3. The van der Waals surface area contributed by atoms with E-state index in [1.807, 2.05) is 68.4 Å². The Hall–Kier alpha value is -1.76. The number of hydrogen-bond donors (Lipinski definition) is 0. The summed E-state index contributed by atoms with van der Waals surface area (Å²) in [5, 5.41) is 0. The normalized spacial score (nSPS) is 8.47. The minimum atomic E-state index is 0.872. The fourth-order valence-electron chi connectivity index (χ4n) is 1.23. The van der Waals surface area contributed by atoms with E-state index in [4.69, 9.17) is 4.74 Å². The van der Waals surface area contributed by atoms with Crippen LogP contribution in [0.2, 0.25) is 0 Å². The molecular formula is C18H26O. The van der Waals surface area contributed by atoms with E-state index in [-0.39, 0.29) is 0 Å². The van der Waals surface area contributed by atoms with Crippen LogP contribution in [0.5, 0.6) is 11.5 Å². The molecule has 0 aromatic heterocycles. The highest BCUT2D eigenvalue weighted by Crippen LogP contribution is 2.20. The summed E-state index contributed by atoms with van der Waals surface area (Å²) in [5.74, 6) is 1.75. The van der Waals surface area contributed by atoms with Crippen molar-refractivity contribution in [3.8, 4) is 11.5 Å². The van der Waals surface area contributed by atoms with Crippen molar-refractivity contribution < 1.29 is 4.74 Å². The molecular weight excluding hydrogens is 232 g/mol. The van der Waals surface area contributed by atoms with Gasteiger partial charge in [-0.3, -0.25) is 0 Å². The van der Waals surface area contributed by atoms with Crippen LogP contribution < -0.4 is 4.74 Å². The predicted octanol–water partition coefficient (Wildman–Crippen LogP) is 6.23.